The second-order valence-corrected chi connectivity index (χ2v) is 6.67. The Hall–Kier alpha value is -0.730. The summed E-state index contributed by atoms with van der Waals surface area (Å²) in [6.07, 6.45) is 2.72. The highest BCUT2D eigenvalue weighted by Crippen LogP contribution is 2.31. The van der Waals surface area contributed by atoms with Crippen molar-refractivity contribution >= 4 is 17.3 Å². The predicted molar refractivity (Wildman–Crippen MR) is 82.0 cm³/mol. The summed E-state index contributed by atoms with van der Waals surface area (Å²) >= 11 is 6.01. The lowest BCUT2D eigenvalue weighted by atomic mass is 9.96. The topological polar surface area (TPSA) is 6.48 Å². The molecule has 2 aliphatic rings. The maximum Gasteiger partial charge on any atom is 0.0440 e. The SMILES string of the molecule is CC(C)C1CN2CCCC2CN1c1ccc(Cl)cc1. The summed E-state index contributed by atoms with van der Waals surface area (Å²) in [5.74, 6) is 0.678. The third kappa shape index (κ3) is 2.61. The first-order chi connectivity index (χ1) is 9.15. The van der Waals surface area contributed by atoms with E-state index in [1.165, 1.54) is 38.2 Å². The van der Waals surface area contributed by atoms with E-state index in [0.29, 0.717) is 12.0 Å². The Balaban J connectivity index is 1.85. The third-order valence-corrected chi connectivity index (χ3v) is 4.91. The molecule has 0 N–H and O–H groups in total. The van der Waals surface area contributed by atoms with E-state index in [4.69, 9.17) is 11.6 Å². The summed E-state index contributed by atoms with van der Waals surface area (Å²) in [6.45, 7) is 8.35. The molecule has 2 fully saturated rings. The molecule has 0 amide bonds. The van der Waals surface area contributed by atoms with Crippen molar-refractivity contribution in [3.8, 4) is 0 Å². The fraction of sp³-hybridized carbons (Fsp3) is 0.625. The molecule has 0 bridgehead atoms. The van der Waals surface area contributed by atoms with E-state index >= 15 is 0 Å². The number of anilines is 1. The van der Waals surface area contributed by atoms with Crippen molar-refractivity contribution in [2.45, 2.75) is 38.8 Å². The molecule has 0 spiro atoms. The van der Waals surface area contributed by atoms with Crippen LogP contribution in [0.5, 0.6) is 0 Å². The van der Waals surface area contributed by atoms with E-state index in [0.717, 1.165) is 11.1 Å². The third-order valence-electron chi connectivity index (χ3n) is 4.66. The molecule has 2 saturated heterocycles. The van der Waals surface area contributed by atoms with Gasteiger partial charge in [-0.05, 0) is 49.6 Å². The van der Waals surface area contributed by atoms with Crippen LogP contribution in [0.2, 0.25) is 5.02 Å². The largest absolute Gasteiger partial charge is 0.365 e. The van der Waals surface area contributed by atoms with Crippen LogP contribution in [-0.2, 0) is 0 Å². The van der Waals surface area contributed by atoms with Crippen LogP contribution >= 0.6 is 11.6 Å². The average molecular weight is 279 g/mol. The first-order valence-electron chi connectivity index (χ1n) is 7.41. The zero-order chi connectivity index (χ0) is 13.4. The number of nitrogens with zero attached hydrogens (tertiary/aromatic N) is 2. The van der Waals surface area contributed by atoms with Crippen LogP contribution in [-0.4, -0.2) is 36.6 Å². The highest BCUT2D eigenvalue weighted by Gasteiger charge is 2.37. The summed E-state index contributed by atoms with van der Waals surface area (Å²) in [7, 11) is 0. The van der Waals surface area contributed by atoms with Crippen LogP contribution in [0.4, 0.5) is 5.69 Å². The van der Waals surface area contributed by atoms with Gasteiger partial charge in [-0.2, -0.15) is 0 Å². The summed E-state index contributed by atoms with van der Waals surface area (Å²) in [5.41, 5.74) is 1.33. The number of hydrogen-bond acceptors (Lipinski definition) is 2. The number of hydrogen-bond donors (Lipinski definition) is 0. The smallest absolute Gasteiger partial charge is 0.0440 e. The Morgan fingerprint density at radius 3 is 2.58 bits per heavy atom. The van der Waals surface area contributed by atoms with E-state index in [9.17, 15) is 0 Å². The van der Waals surface area contributed by atoms with Gasteiger partial charge in [-0.3, -0.25) is 4.90 Å². The van der Waals surface area contributed by atoms with Gasteiger partial charge in [0.15, 0.2) is 0 Å². The lowest BCUT2D eigenvalue weighted by molar-refractivity contribution is 0.176. The van der Waals surface area contributed by atoms with Gasteiger partial charge >= 0.3 is 0 Å². The molecule has 0 aliphatic carbocycles. The molecule has 3 rings (SSSR count). The lowest BCUT2D eigenvalue weighted by Crippen LogP contribution is -2.58. The highest BCUT2D eigenvalue weighted by atomic mass is 35.5. The quantitative estimate of drug-likeness (QED) is 0.815. The van der Waals surface area contributed by atoms with Gasteiger partial charge in [-0.15, -0.1) is 0 Å². The van der Waals surface area contributed by atoms with Crippen LogP contribution in [0.3, 0.4) is 0 Å². The molecule has 1 aromatic rings. The Morgan fingerprint density at radius 2 is 1.89 bits per heavy atom. The van der Waals surface area contributed by atoms with Crippen LogP contribution in [0.1, 0.15) is 26.7 Å². The van der Waals surface area contributed by atoms with Crippen molar-refractivity contribution in [2.24, 2.45) is 5.92 Å². The van der Waals surface area contributed by atoms with Crippen molar-refractivity contribution in [1.29, 1.82) is 0 Å². The molecule has 2 unspecified atom stereocenters. The highest BCUT2D eigenvalue weighted by molar-refractivity contribution is 6.30. The summed E-state index contributed by atoms with van der Waals surface area (Å²) in [6, 6.07) is 9.73. The number of rotatable bonds is 2. The van der Waals surface area contributed by atoms with Gasteiger partial charge < -0.3 is 4.90 Å². The summed E-state index contributed by atoms with van der Waals surface area (Å²) < 4.78 is 0. The monoisotopic (exact) mass is 278 g/mol. The molecule has 2 heterocycles. The maximum absolute atomic E-state index is 6.01. The van der Waals surface area contributed by atoms with Gasteiger partial charge in [-0.1, -0.05) is 25.4 Å². The lowest BCUT2D eigenvalue weighted by Gasteiger charge is -2.46. The van der Waals surface area contributed by atoms with Crippen molar-refractivity contribution in [3.63, 3.8) is 0 Å². The normalized spacial score (nSPS) is 27.9. The standard InChI is InChI=1S/C16H23ClN2/c1-12(2)16-11-18-9-3-4-15(18)10-19(16)14-7-5-13(17)6-8-14/h5-8,12,15-16H,3-4,9-11H2,1-2H3. The first kappa shape index (κ1) is 13.3. The molecule has 19 heavy (non-hydrogen) atoms. The van der Waals surface area contributed by atoms with E-state index in [-0.39, 0.29) is 0 Å². The minimum absolute atomic E-state index is 0.621. The Bertz CT molecular complexity index is 429. The number of benzene rings is 1. The van der Waals surface area contributed by atoms with Crippen LogP contribution in [0.15, 0.2) is 24.3 Å². The fourth-order valence-electron chi connectivity index (χ4n) is 3.54. The zero-order valence-corrected chi connectivity index (χ0v) is 12.6. The van der Waals surface area contributed by atoms with Crippen molar-refractivity contribution in [1.82, 2.24) is 4.90 Å². The minimum atomic E-state index is 0.621. The molecular weight excluding hydrogens is 256 g/mol. The maximum atomic E-state index is 6.01. The molecule has 3 heteroatoms. The van der Waals surface area contributed by atoms with Crippen LogP contribution in [0, 0.1) is 5.92 Å². The van der Waals surface area contributed by atoms with Gasteiger partial charge in [-0.25, -0.2) is 0 Å². The van der Waals surface area contributed by atoms with E-state index in [1.807, 2.05) is 12.1 Å². The Kier molecular flexibility index (Phi) is 3.72. The average Bonchev–Trinajstić information content (AvgIpc) is 2.85. The fourth-order valence-corrected chi connectivity index (χ4v) is 3.67. The molecule has 104 valence electrons. The Labute approximate surface area is 121 Å². The second-order valence-electron chi connectivity index (χ2n) is 6.23. The molecule has 0 radical (unpaired) electrons. The number of piperazine rings is 1. The van der Waals surface area contributed by atoms with Gasteiger partial charge in [0.2, 0.25) is 0 Å². The zero-order valence-electron chi connectivity index (χ0n) is 11.8. The summed E-state index contributed by atoms with van der Waals surface area (Å²) in [4.78, 5) is 5.30. The Morgan fingerprint density at radius 1 is 1.16 bits per heavy atom. The van der Waals surface area contributed by atoms with Gasteiger partial charge in [0.25, 0.3) is 0 Å². The van der Waals surface area contributed by atoms with Crippen LogP contribution in [0.25, 0.3) is 0 Å². The van der Waals surface area contributed by atoms with Crippen molar-refractivity contribution in [3.05, 3.63) is 29.3 Å². The molecule has 2 aliphatic heterocycles. The van der Waals surface area contributed by atoms with Crippen molar-refractivity contribution < 1.29 is 0 Å². The predicted octanol–water partition coefficient (Wildman–Crippen LogP) is 3.65. The second kappa shape index (κ2) is 5.34. The van der Waals surface area contributed by atoms with E-state index in [1.54, 1.807) is 0 Å². The van der Waals surface area contributed by atoms with Gasteiger partial charge in [0.05, 0.1) is 0 Å². The molecule has 2 nitrogen and oxygen atoms in total. The van der Waals surface area contributed by atoms with Crippen LogP contribution < -0.4 is 4.90 Å². The molecule has 2 atom stereocenters. The minimum Gasteiger partial charge on any atom is -0.365 e. The molecule has 0 saturated carbocycles. The van der Waals surface area contributed by atoms with E-state index < -0.39 is 0 Å². The first-order valence-corrected chi connectivity index (χ1v) is 7.79. The van der Waals surface area contributed by atoms with Gasteiger partial charge in [0.1, 0.15) is 0 Å². The number of fused-ring (bicyclic) bond motifs is 1. The molecular formula is C16H23ClN2. The molecule has 0 aromatic heterocycles. The molecule has 1 aromatic carbocycles. The van der Waals surface area contributed by atoms with Crippen molar-refractivity contribution in [2.75, 3.05) is 24.5 Å². The number of halogens is 1. The summed E-state index contributed by atoms with van der Waals surface area (Å²) in [5, 5.41) is 0.823. The van der Waals surface area contributed by atoms with E-state index in [2.05, 4.69) is 35.8 Å². The van der Waals surface area contributed by atoms with Gasteiger partial charge in [0, 0.05) is 35.9 Å².